The van der Waals surface area contributed by atoms with Gasteiger partial charge in [0.2, 0.25) is 11.6 Å². The van der Waals surface area contributed by atoms with E-state index >= 15 is 0 Å². The Morgan fingerprint density at radius 1 is 0.833 bits per heavy atom. The first-order valence-electron chi connectivity index (χ1n) is 5.47. The average molecular weight is 238 g/mol. The number of hydrogen-bond donors (Lipinski definition) is 2. The normalized spacial score (nSPS) is 14.0. The van der Waals surface area contributed by atoms with Crippen molar-refractivity contribution in [1.29, 1.82) is 0 Å². The van der Waals surface area contributed by atoms with Crippen molar-refractivity contribution in [2.75, 3.05) is 11.5 Å². The largest absolute Gasteiger partial charge is 0.397 e. The number of anilines is 2. The molecule has 0 radical (unpaired) electrons. The highest BCUT2D eigenvalue weighted by Gasteiger charge is 2.26. The molecular formula is C14H10N2O2. The lowest BCUT2D eigenvalue weighted by Crippen LogP contribution is -2.19. The number of ketones is 2. The highest BCUT2D eigenvalue weighted by atomic mass is 16.2. The molecule has 2 aromatic carbocycles. The van der Waals surface area contributed by atoms with Crippen LogP contribution in [-0.4, -0.2) is 11.6 Å². The maximum atomic E-state index is 11.9. The summed E-state index contributed by atoms with van der Waals surface area (Å²) in [7, 11) is 0. The monoisotopic (exact) mass is 238 g/mol. The second-order valence-corrected chi connectivity index (χ2v) is 4.19. The van der Waals surface area contributed by atoms with Crippen LogP contribution < -0.4 is 11.5 Å². The zero-order chi connectivity index (χ0) is 12.9. The fourth-order valence-corrected chi connectivity index (χ4v) is 2.29. The molecule has 0 atom stereocenters. The summed E-state index contributed by atoms with van der Waals surface area (Å²) in [5, 5.41) is 1.62. The first-order chi connectivity index (χ1) is 8.61. The first kappa shape index (κ1) is 10.5. The summed E-state index contributed by atoms with van der Waals surface area (Å²) in [4.78, 5) is 23.3. The van der Waals surface area contributed by atoms with Crippen molar-refractivity contribution in [1.82, 2.24) is 0 Å². The minimum Gasteiger partial charge on any atom is -0.397 e. The number of rotatable bonds is 0. The Morgan fingerprint density at radius 3 is 2.22 bits per heavy atom. The molecule has 4 heteroatoms. The molecule has 4 nitrogen and oxygen atoms in total. The van der Waals surface area contributed by atoms with E-state index in [9.17, 15) is 9.59 Å². The van der Waals surface area contributed by atoms with Gasteiger partial charge in [0.15, 0.2) is 0 Å². The van der Waals surface area contributed by atoms with Crippen LogP contribution in [0.25, 0.3) is 16.8 Å². The predicted octanol–water partition coefficient (Wildman–Crippen LogP) is 1.78. The zero-order valence-electron chi connectivity index (χ0n) is 9.44. The maximum absolute atomic E-state index is 11.9. The molecule has 0 amide bonds. The quantitative estimate of drug-likeness (QED) is 0.416. The van der Waals surface area contributed by atoms with Gasteiger partial charge in [0, 0.05) is 5.39 Å². The number of allylic oxidation sites excluding steroid dienone is 1. The summed E-state index contributed by atoms with van der Waals surface area (Å²) < 4.78 is 0. The molecule has 3 rings (SSSR count). The van der Waals surface area contributed by atoms with Crippen LogP contribution >= 0.6 is 0 Å². The highest BCUT2D eigenvalue weighted by Crippen LogP contribution is 2.37. The Bertz CT molecular complexity index is 745. The van der Waals surface area contributed by atoms with Gasteiger partial charge in [0.1, 0.15) is 0 Å². The molecule has 0 aromatic heterocycles. The number of nitrogen functional groups attached to an aromatic ring is 2. The number of benzene rings is 2. The Hall–Kier alpha value is -2.62. The van der Waals surface area contributed by atoms with E-state index in [1.165, 1.54) is 6.08 Å². The minimum atomic E-state index is -0.595. The third kappa shape index (κ3) is 1.20. The van der Waals surface area contributed by atoms with Gasteiger partial charge < -0.3 is 11.5 Å². The molecule has 0 spiro atoms. The fraction of sp³-hybridized carbons (Fsp3) is 0. The lowest BCUT2D eigenvalue weighted by atomic mass is 9.88. The molecule has 1 aliphatic carbocycles. The molecule has 0 unspecified atom stereocenters. The van der Waals surface area contributed by atoms with Gasteiger partial charge in [-0.15, -0.1) is 0 Å². The third-order valence-electron chi connectivity index (χ3n) is 3.19. The summed E-state index contributed by atoms with van der Waals surface area (Å²) in [6.07, 6.45) is 2.89. The molecule has 4 N–H and O–H groups in total. The Labute approximate surface area is 103 Å². The van der Waals surface area contributed by atoms with E-state index in [4.69, 9.17) is 11.5 Å². The van der Waals surface area contributed by atoms with Crippen LogP contribution in [0.2, 0.25) is 0 Å². The summed E-state index contributed by atoms with van der Waals surface area (Å²) in [6, 6.07) is 7.41. The molecule has 0 fully saturated rings. The number of hydrogen-bond acceptors (Lipinski definition) is 4. The van der Waals surface area contributed by atoms with E-state index in [1.54, 1.807) is 6.08 Å². The molecule has 0 aliphatic heterocycles. The summed E-state index contributed by atoms with van der Waals surface area (Å²) in [5.74, 6) is -1.16. The number of nitrogens with two attached hydrogens (primary N) is 2. The minimum absolute atomic E-state index is 0.186. The third-order valence-corrected chi connectivity index (χ3v) is 3.19. The number of fused-ring (bicyclic) bond motifs is 3. The van der Waals surface area contributed by atoms with Crippen LogP contribution in [-0.2, 0) is 4.79 Å². The Balaban J connectivity index is 2.55. The summed E-state index contributed by atoms with van der Waals surface area (Å²) in [6.45, 7) is 0. The van der Waals surface area contributed by atoms with Crippen molar-refractivity contribution in [2.45, 2.75) is 0 Å². The van der Waals surface area contributed by atoms with E-state index in [1.807, 2.05) is 24.3 Å². The molecule has 18 heavy (non-hydrogen) atoms. The van der Waals surface area contributed by atoms with Crippen LogP contribution in [0, 0.1) is 0 Å². The van der Waals surface area contributed by atoms with Crippen LogP contribution in [0.15, 0.2) is 30.3 Å². The predicted molar refractivity (Wildman–Crippen MR) is 71.1 cm³/mol. The van der Waals surface area contributed by atoms with Crippen molar-refractivity contribution < 1.29 is 9.59 Å². The van der Waals surface area contributed by atoms with E-state index in [2.05, 4.69) is 0 Å². The van der Waals surface area contributed by atoms with Gasteiger partial charge in [0.25, 0.3) is 0 Å². The van der Waals surface area contributed by atoms with Crippen LogP contribution in [0.1, 0.15) is 15.9 Å². The number of carbonyl (C=O) groups excluding carboxylic acids is 2. The lowest BCUT2D eigenvalue weighted by Gasteiger charge is -2.17. The lowest BCUT2D eigenvalue weighted by molar-refractivity contribution is -0.110. The second-order valence-electron chi connectivity index (χ2n) is 4.19. The smallest absolute Gasteiger partial charge is 0.235 e. The van der Waals surface area contributed by atoms with Gasteiger partial charge in [-0.1, -0.05) is 24.3 Å². The number of carbonyl (C=O) groups is 2. The van der Waals surface area contributed by atoms with E-state index in [0.29, 0.717) is 11.3 Å². The van der Waals surface area contributed by atoms with E-state index in [-0.39, 0.29) is 11.3 Å². The van der Waals surface area contributed by atoms with Crippen LogP contribution in [0.5, 0.6) is 0 Å². The molecule has 1 aliphatic rings. The van der Waals surface area contributed by atoms with Crippen molar-refractivity contribution in [3.63, 3.8) is 0 Å². The van der Waals surface area contributed by atoms with Crippen molar-refractivity contribution >= 4 is 39.8 Å². The van der Waals surface area contributed by atoms with E-state index < -0.39 is 11.6 Å². The van der Waals surface area contributed by atoms with Crippen LogP contribution in [0.4, 0.5) is 11.4 Å². The molecule has 88 valence electrons. The SMILES string of the molecule is Nc1c2c(c3ccccc3c1N)C=CC(=O)C2=O. The van der Waals surface area contributed by atoms with Gasteiger partial charge in [-0.3, -0.25) is 9.59 Å². The van der Waals surface area contributed by atoms with Gasteiger partial charge in [-0.25, -0.2) is 0 Å². The summed E-state index contributed by atoms with van der Waals surface area (Å²) >= 11 is 0. The molecule has 0 saturated heterocycles. The Kier molecular flexibility index (Phi) is 2.01. The maximum Gasteiger partial charge on any atom is 0.235 e. The molecule has 2 aromatic rings. The van der Waals surface area contributed by atoms with Crippen molar-refractivity contribution in [3.05, 3.63) is 41.5 Å². The highest BCUT2D eigenvalue weighted by molar-refractivity contribution is 6.52. The van der Waals surface area contributed by atoms with Gasteiger partial charge >= 0.3 is 0 Å². The van der Waals surface area contributed by atoms with Gasteiger partial charge in [0.05, 0.1) is 16.9 Å². The molecule has 0 saturated carbocycles. The van der Waals surface area contributed by atoms with Gasteiger partial charge in [-0.05, 0) is 23.1 Å². The molecule has 0 heterocycles. The topological polar surface area (TPSA) is 86.2 Å². The summed E-state index contributed by atoms with van der Waals surface area (Å²) in [5.41, 5.74) is 13.3. The fourth-order valence-electron chi connectivity index (χ4n) is 2.29. The van der Waals surface area contributed by atoms with E-state index in [0.717, 1.165) is 10.8 Å². The van der Waals surface area contributed by atoms with Gasteiger partial charge in [-0.2, -0.15) is 0 Å². The number of Topliss-reactive ketones (excluding diaryl/α,β-unsaturated/α-hetero) is 1. The molecular weight excluding hydrogens is 228 g/mol. The molecule has 0 bridgehead atoms. The van der Waals surface area contributed by atoms with Crippen molar-refractivity contribution in [3.8, 4) is 0 Å². The second kappa shape index (κ2) is 3.43. The van der Waals surface area contributed by atoms with Crippen LogP contribution in [0.3, 0.4) is 0 Å². The Morgan fingerprint density at radius 2 is 1.50 bits per heavy atom. The zero-order valence-corrected chi connectivity index (χ0v) is 9.44. The average Bonchev–Trinajstić information content (AvgIpc) is 2.39. The standard InChI is InChI=1S/C14H10N2O2/c15-12-9-4-2-1-3-7(9)8-5-6-10(17)14(18)11(8)13(12)16/h1-6H,15-16H2. The van der Waals surface area contributed by atoms with Crippen molar-refractivity contribution in [2.24, 2.45) is 0 Å². The first-order valence-corrected chi connectivity index (χ1v) is 5.47.